The maximum Gasteiger partial charge on any atom is 0.326 e. The number of amides is 6. The summed E-state index contributed by atoms with van der Waals surface area (Å²) in [6.45, 7) is 0.246. The van der Waals surface area contributed by atoms with Crippen molar-refractivity contribution >= 4 is 53.4 Å². The highest BCUT2D eigenvalue weighted by molar-refractivity contribution is 5.97. The van der Waals surface area contributed by atoms with Crippen LogP contribution in [0.4, 0.5) is 0 Å². The number of benzene rings is 1. The van der Waals surface area contributed by atoms with Gasteiger partial charge in [0.25, 0.3) is 0 Å². The van der Waals surface area contributed by atoms with Gasteiger partial charge in [-0.2, -0.15) is 0 Å². The van der Waals surface area contributed by atoms with Crippen molar-refractivity contribution in [1.29, 1.82) is 0 Å². The van der Waals surface area contributed by atoms with Crippen LogP contribution < -0.4 is 27.4 Å². The predicted molar refractivity (Wildman–Crippen MR) is 183 cm³/mol. The summed E-state index contributed by atoms with van der Waals surface area (Å²) in [7, 11) is 0. The molecule has 290 valence electrons. The quantitative estimate of drug-likeness (QED) is 0.0722. The Hall–Kier alpha value is -5.59. The van der Waals surface area contributed by atoms with Crippen LogP contribution in [-0.2, 0) is 49.6 Å². The fourth-order valence-corrected chi connectivity index (χ4v) is 6.35. The van der Waals surface area contributed by atoms with Gasteiger partial charge in [-0.3, -0.25) is 38.4 Å². The van der Waals surface area contributed by atoms with Gasteiger partial charge in [-0.1, -0.05) is 30.3 Å². The van der Waals surface area contributed by atoms with E-state index in [0.29, 0.717) is 18.4 Å². The van der Waals surface area contributed by atoms with Crippen LogP contribution in [0.5, 0.6) is 0 Å². The normalized spacial score (nSPS) is 19.0. The Morgan fingerprint density at radius 1 is 0.679 bits per heavy atom. The molecule has 0 unspecified atom stereocenters. The molecule has 19 nitrogen and oxygen atoms in total. The molecule has 3 rings (SSSR count). The largest absolute Gasteiger partial charge is 0.481 e. The Labute approximate surface area is 304 Å². The Morgan fingerprint density at radius 2 is 1.21 bits per heavy atom. The summed E-state index contributed by atoms with van der Waals surface area (Å²) in [5, 5.41) is 35.3. The van der Waals surface area contributed by atoms with Crippen LogP contribution in [0.25, 0.3) is 0 Å². The minimum atomic E-state index is -1.53. The number of carboxylic acid groups (broad SMARTS) is 3. The molecule has 6 amide bonds. The minimum Gasteiger partial charge on any atom is -0.481 e. The number of rotatable bonds is 20. The summed E-state index contributed by atoms with van der Waals surface area (Å²) in [5.41, 5.74) is 11.8. The first-order chi connectivity index (χ1) is 25.1. The van der Waals surface area contributed by atoms with Crippen LogP contribution in [0.1, 0.15) is 69.8 Å². The zero-order valence-electron chi connectivity index (χ0n) is 29.1. The van der Waals surface area contributed by atoms with E-state index >= 15 is 0 Å². The average Bonchev–Trinajstić information content (AvgIpc) is 3.81. The predicted octanol–water partition coefficient (Wildman–Crippen LogP) is -1.93. The number of carboxylic acids is 3. The second-order valence-corrected chi connectivity index (χ2v) is 13.1. The molecule has 0 spiro atoms. The molecule has 0 aliphatic carbocycles. The molecule has 2 saturated heterocycles. The summed E-state index contributed by atoms with van der Waals surface area (Å²) >= 11 is 0. The van der Waals surface area contributed by atoms with E-state index in [1.54, 1.807) is 30.3 Å². The fraction of sp³-hybridized carbons (Fsp3) is 0.559. The zero-order valence-corrected chi connectivity index (χ0v) is 29.1. The van der Waals surface area contributed by atoms with Crippen molar-refractivity contribution in [2.24, 2.45) is 11.5 Å². The summed E-state index contributed by atoms with van der Waals surface area (Å²) in [6, 6.07) is 1.08. The zero-order chi connectivity index (χ0) is 39.2. The molecule has 0 saturated carbocycles. The highest BCUT2D eigenvalue weighted by Crippen LogP contribution is 2.23. The molecule has 0 aromatic heterocycles. The van der Waals surface area contributed by atoms with Crippen LogP contribution >= 0.6 is 0 Å². The lowest BCUT2D eigenvalue weighted by molar-refractivity contribution is -0.149. The molecule has 2 aliphatic rings. The molecule has 1 aromatic rings. The van der Waals surface area contributed by atoms with Gasteiger partial charge in [-0.15, -0.1) is 0 Å². The standard InChI is InChI=1S/C34H47N7O12/c35-20(10-14-27(43)44)29(47)37-21(12-15-28(45)46)30(48)38-22(11-13-26(36)42)32(50)40-16-4-8-24(40)31(49)39-23(18-19-6-2-1-3-7-19)33(51)41-17-5-9-25(41)34(52)53/h1-3,6-7,20-25H,4-5,8-18,35H2,(H2,36,42)(H,37,47)(H,38,48)(H,39,49)(H,43,44)(H,45,46)(H,52,53)/t20-,21-,22-,23-,24-,25-/m0/s1. The second-order valence-electron chi connectivity index (χ2n) is 13.1. The van der Waals surface area contributed by atoms with Gasteiger partial charge in [-0.25, -0.2) is 4.79 Å². The molecule has 10 N–H and O–H groups in total. The number of nitrogens with one attached hydrogen (secondary N) is 3. The molecule has 0 radical (unpaired) electrons. The van der Waals surface area contributed by atoms with Crippen molar-refractivity contribution in [2.45, 2.75) is 107 Å². The van der Waals surface area contributed by atoms with Gasteiger partial charge >= 0.3 is 17.9 Å². The number of carbonyl (C=O) groups excluding carboxylic acids is 6. The number of likely N-dealkylation sites (tertiary alicyclic amines) is 2. The molecule has 19 heteroatoms. The van der Waals surface area contributed by atoms with E-state index in [2.05, 4.69) is 16.0 Å². The van der Waals surface area contributed by atoms with Crippen LogP contribution in [0.3, 0.4) is 0 Å². The third-order valence-electron chi connectivity index (χ3n) is 9.14. The first-order valence-corrected chi connectivity index (χ1v) is 17.3. The van der Waals surface area contributed by atoms with Crippen molar-refractivity contribution in [3.8, 4) is 0 Å². The molecule has 2 heterocycles. The highest BCUT2D eigenvalue weighted by Gasteiger charge is 2.42. The van der Waals surface area contributed by atoms with E-state index in [-0.39, 0.29) is 51.6 Å². The van der Waals surface area contributed by atoms with Crippen molar-refractivity contribution in [2.75, 3.05) is 13.1 Å². The van der Waals surface area contributed by atoms with E-state index in [1.165, 1.54) is 9.80 Å². The van der Waals surface area contributed by atoms with Gasteiger partial charge in [0.05, 0.1) is 6.04 Å². The van der Waals surface area contributed by atoms with Crippen molar-refractivity contribution in [3.63, 3.8) is 0 Å². The lowest BCUT2D eigenvalue weighted by Gasteiger charge is -2.32. The molecule has 1 aromatic carbocycles. The number of hydrogen-bond acceptors (Lipinski definition) is 10. The van der Waals surface area contributed by atoms with Gasteiger partial charge < -0.3 is 52.5 Å². The lowest BCUT2D eigenvalue weighted by atomic mass is 10.0. The van der Waals surface area contributed by atoms with Gasteiger partial charge in [0.2, 0.25) is 35.4 Å². The van der Waals surface area contributed by atoms with Crippen molar-refractivity contribution < 1.29 is 58.5 Å². The average molecular weight is 746 g/mol. The summed E-state index contributed by atoms with van der Waals surface area (Å²) in [4.78, 5) is 116. The maximum atomic E-state index is 14.0. The number of nitrogens with zero attached hydrogens (tertiary/aromatic N) is 2. The van der Waals surface area contributed by atoms with E-state index < -0.39 is 109 Å². The molecule has 0 bridgehead atoms. The Morgan fingerprint density at radius 3 is 1.79 bits per heavy atom. The number of hydrogen-bond donors (Lipinski definition) is 8. The Bertz CT molecular complexity index is 1540. The summed E-state index contributed by atoms with van der Waals surface area (Å²) in [5.74, 6) is -8.49. The topological polar surface area (TPSA) is 309 Å². The molecule has 2 fully saturated rings. The SMILES string of the molecule is NC(=O)CC[C@H](NC(=O)[C@H](CCC(=O)O)NC(=O)[C@@H](N)CCC(=O)O)C(=O)N1CCC[C@H]1C(=O)N[C@@H](Cc1ccccc1)C(=O)N1CCC[C@H]1C(=O)O. The monoisotopic (exact) mass is 745 g/mol. The number of primary amides is 1. The van der Waals surface area contributed by atoms with Crippen LogP contribution in [0, 0.1) is 0 Å². The molecule has 6 atom stereocenters. The first-order valence-electron chi connectivity index (χ1n) is 17.3. The first kappa shape index (κ1) is 41.8. The number of aliphatic carboxylic acids is 3. The molecular weight excluding hydrogens is 698 g/mol. The minimum absolute atomic E-state index is 0.0373. The summed E-state index contributed by atoms with van der Waals surface area (Å²) < 4.78 is 0. The molecular formula is C34H47N7O12. The van der Waals surface area contributed by atoms with E-state index in [4.69, 9.17) is 16.6 Å². The van der Waals surface area contributed by atoms with Crippen LogP contribution in [-0.4, -0.2) is 128 Å². The number of carbonyl (C=O) groups is 9. The molecule has 2 aliphatic heterocycles. The van der Waals surface area contributed by atoms with Gasteiger partial charge in [0.15, 0.2) is 0 Å². The van der Waals surface area contributed by atoms with Crippen molar-refractivity contribution in [3.05, 3.63) is 35.9 Å². The summed E-state index contributed by atoms with van der Waals surface area (Å²) in [6.07, 6.45) is -1.12. The van der Waals surface area contributed by atoms with Gasteiger partial charge in [0.1, 0.15) is 30.2 Å². The third-order valence-corrected chi connectivity index (χ3v) is 9.14. The third kappa shape index (κ3) is 12.5. The second kappa shape index (κ2) is 19.9. The lowest BCUT2D eigenvalue weighted by Crippen LogP contribution is -2.59. The van der Waals surface area contributed by atoms with Crippen molar-refractivity contribution in [1.82, 2.24) is 25.8 Å². The molecule has 53 heavy (non-hydrogen) atoms. The fourth-order valence-electron chi connectivity index (χ4n) is 6.35. The van der Waals surface area contributed by atoms with E-state index in [9.17, 15) is 53.4 Å². The smallest absolute Gasteiger partial charge is 0.326 e. The van der Waals surface area contributed by atoms with Crippen LogP contribution in [0.15, 0.2) is 30.3 Å². The number of nitrogens with two attached hydrogens (primary N) is 2. The Balaban J connectivity index is 1.82. The van der Waals surface area contributed by atoms with E-state index in [1.807, 2.05) is 0 Å². The highest BCUT2D eigenvalue weighted by atomic mass is 16.4. The van der Waals surface area contributed by atoms with E-state index in [0.717, 1.165) is 0 Å². The van der Waals surface area contributed by atoms with Crippen LogP contribution in [0.2, 0.25) is 0 Å². The van der Waals surface area contributed by atoms with Gasteiger partial charge in [-0.05, 0) is 50.5 Å². The maximum absolute atomic E-state index is 14.0. The Kier molecular flexibility index (Phi) is 15.7. The van der Waals surface area contributed by atoms with Gasteiger partial charge in [0, 0.05) is 38.8 Å².